The summed E-state index contributed by atoms with van der Waals surface area (Å²) in [5, 5.41) is 0. The molecule has 2 amide bonds. The highest BCUT2D eigenvalue weighted by atomic mass is 16.6. The molecule has 1 heterocycles. The zero-order chi connectivity index (χ0) is 37.7. The van der Waals surface area contributed by atoms with Crippen molar-refractivity contribution in [2.24, 2.45) is 5.92 Å². The van der Waals surface area contributed by atoms with E-state index >= 15 is 0 Å². The minimum Gasteiger partial charge on any atom is -0.493 e. The fraction of sp³-hybridized carbons (Fsp3) is 0.289. The third-order valence-electron chi connectivity index (χ3n) is 9.69. The summed E-state index contributed by atoms with van der Waals surface area (Å²) < 4.78 is 35.0. The monoisotopic (exact) mass is 729 g/mol. The first-order valence-electron chi connectivity index (χ1n) is 18.2. The van der Waals surface area contributed by atoms with Crippen molar-refractivity contribution in [3.8, 4) is 23.0 Å². The Bertz CT molecular complexity index is 1950. The van der Waals surface area contributed by atoms with Crippen LogP contribution < -0.4 is 18.9 Å². The van der Waals surface area contributed by atoms with Crippen molar-refractivity contribution < 1.29 is 38.0 Å². The molecule has 1 aliphatic heterocycles. The molecule has 0 saturated carbocycles. The lowest BCUT2D eigenvalue weighted by molar-refractivity contribution is -0.134. The van der Waals surface area contributed by atoms with E-state index in [2.05, 4.69) is 0 Å². The van der Waals surface area contributed by atoms with Gasteiger partial charge in [-0.05, 0) is 71.3 Å². The first-order valence-corrected chi connectivity index (χ1v) is 18.2. The standard InChI is InChI=1S/C45H47NO8/c1-49-40-22-20-36(27-43(40)51-3)38(30-52-28-33-15-9-5-10-16-33)26-37(44(47)46-39(31-54-45(46)48)24-32-13-7-4-8-14-32)23-35-19-21-41(42(25-35)50-2)53-29-34-17-11-6-12-18-34/h4-22,25,27,37-39H,23-24,26,28-31H2,1-3H3/t37-,38+,39-/m0/s1. The van der Waals surface area contributed by atoms with Crippen LogP contribution in [0, 0.1) is 5.92 Å². The summed E-state index contributed by atoms with van der Waals surface area (Å²) in [5.41, 5.74) is 4.88. The molecular weight excluding hydrogens is 682 g/mol. The smallest absolute Gasteiger partial charge is 0.416 e. The number of methoxy groups -OCH3 is 3. The molecule has 5 aromatic carbocycles. The molecule has 6 rings (SSSR count). The topological polar surface area (TPSA) is 92.8 Å². The van der Waals surface area contributed by atoms with Gasteiger partial charge < -0.3 is 28.4 Å². The maximum atomic E-state index is 14.8. The summed E-state index contributed by atoms with van der Waals surface area (Å²) in [6, 6.07) is 40.8. The van der Waals surface area contributed by atoms with Gasteiger partial charge in [0.25, 0.3) is 0 Å². The molecule has 0 N–H and O–H groups in total. The molecule has 0 aliphatic carbocycles. The SMILES string of the molecule is COc1ccc([C@@H](COCc2ccccc2)C[C@H](Cc2ccc(OCc3ccccc3)c(OC)c2)C(=O)N2C(=O)OC[C@@H]2Cc2ccccc2)cc1OC. The lowest BCUT2D eigenvalue weighted by atomic mass is 9.84. The molecule has 0 unspecified atom stereocenters. The van der Waals surface area contributed by atoms with Crippen LogP contribution in [0.5, 0.6) is 23.0 Å². The molecule has 0 radical (unpaired) electrons. The fourth-order valence-electron chi connectivity index (χ4n) is 6.86. The summed E-state index contributed by atoms with van der Waals surface area (Å²) in [7, 11) is 4.80. The van der Waals surface area contributed by atoms with Crippen LogP contribution in [0.1, 0.15) is 40.2 Å². The van der Waals surface area contributed by atoms with E-state index in [9.17, 15) is 9.59 Å². The second kappa shape index (κ2) is 18.8. The summed E-state index contributed by atoms with van der Waals surface area (Å²) in [4.78, 5) is 29.5. The van der Waals surface area contributed by atoms with Crippen LogP contribution in [0.4, 0.5) is 4.79 Å². The second-order valence-corrected chi connectivity index (χ2v) is 13.3. The minimum atomic E-state index is -0.631. The second-order valence-electron chi connectivity index (χ2n) is 13.3. The first kappa shape index (κ1) is 37.9. The number of hydrogen-bond acceptors (Lipinski definition) is 8. The Morgan fingerprint density at radius 3 is 1.93 bits per heavy atom. The molecule has 3 atom stereocenters. The number of ether oxygens (including phenoxy) is 6. The molecule has 1 aliphatic rings. The molecule has 5 aromatic rings. The summed E-state index contributed by atoms with van der Waals surface area (Å²) in [6.07, 6.45) is 0.569. The van der Waals surface area contributed by atoms with Crippen LogP contribution in [-0.2, 0) is 40.3 Å². The number of cyclic esters (lactones) is 1. The zero-order valence-corrected chi connectivity index (χ0v) is 31.0. The number of amides is 2. The number of rotatable bonds is 18. The zero-order valence-electron chi connectivity index (χ0n) is 31.0. The Morgan fingerprint density at radius 2 is 1.28 bits per heavy atom. The van der Waals surface area contributed by atoms with Crippen LogP contribution in [0.25, 0.3) is 0 Å². The van der Waals surface area contributed by atoms with Gasteiger partial charge in [-0.2, -0.15) is 0 Å². The van der Waals surface area contributed by atoms with E-state index in [1.165, 1.54) is 4.90 Å². The molecule has 0 bridgehead atoms. The number of imide groups is 1. The number of benzene rings is 5. The molecular formula is C45H47NO8. The normalized spacial score (nSPS) is 14.9. The van der Waals surface area contributed by atoms with Gasteiger partial charge in [-0.1, -0.05) is 103 Å². The maximum Gasteiger partial charge on any atom is 0.416 e. The highest BCUT2D eigenvalue weighted by molar-refractivity contribution is 5.95. The molecule has 1 saturated heterocycles. The summed E-state index contributed by atoms with van der Waals surface area (Å²) >= 11 is 0. The number of carbonyl (C=O) groups excluding carboxylic acids is 2. The quantitative estimate of drug-likeness (QED) is 0.0888. The fourth-order valence-corrected chi connectivity index (χ4v) is 6.86. The predicted molar refractivity (Wildman–Crippen MR) is 206 cm³/mol. The van der Waals surface area contributed by atoms with E-state index < -0.39 is 18.1 Å². The highest BCUT2D eigenvalue weighted by Crippen LogP contribution is 2.37. The lowest BCUT2D eigenvalue weighted by Crippen LogP contribution is -2.44. The Labute approximate surface area is 317 Å². The third-order valence-corrected chi connectivity index (χ3v) is 9.69. The third kappa shape index (κ3) is 9.79. The Morgan fingerprint density at radius 1 is 0.685 bits per heavy atom. The van der Waals surface area contributed by atoms with Crippen molar-refractivity contribution in [1.29, 1.82) is 0 Å². The van der Waals surface area contributed by atoms with Gasteiger partial charge >= 0.3 is 6.09 Å². The largest absolute Gasteiger partial charge is 0.493 e. The van der Waals surface area contributed by atoms with Gasteiger partial charge in [0.15, 0.2) is 23.0 Å². The number of hydrogen-bond donors (Lipinski definition) is 0. The van der Waals surface area contributed by atoms with Crippen LogP contribution >= 0.6 is 0 Å². The molecule has 280 valence electrons. The number of nitrogens with zero attached hydrogens (tertiary/aromatic N) is 1. The molecule has 0 aromatic heterocycles. The maximum absolute atomic E-state index is 14.8. The molecule has 1 fully saturated rings. The average molecular weight is 730 g/mol. The van der Waals surface area contributed by atoms with Gasteiger partial charge in [0.05, 0.1) is 40.6 Å². The molecule has 0 spiro atoms. The average Bonchev–Trinajstić information content (AvgIpc) is 3.58. The van der Waals surface area contributed by atoms with Crippen molar-refractivity contribution in [1.82, 2.24) is 4.90 Å². The van der Waals surface area contributed by atoms with Crippen LogP contribution in [0.15, 0.2) is 127 Å². The van der Waals surface area contributed by atoms with Gasteiger partial charge in [0.2, 0.25) is 5.91 Å². The van der Waals surface area contributed by atoms with Crippen LogP contribution in [0.3, 0.4) is 0 Å². The molecule has 54 heavy (non-hydrogen) atoms. The summed E-state index contributed by atoms with van der Waals surface area (Å²) in [6.45, 7) is 1.24. The molecule has 9 nitrogen and oxygen atoms in total. The van der Waals surface area contributed by atoms with Crippen molar-refractivity contribution in [3.05, 3.63) is 155 Å². The van der Waals surface area contributed by atoms with Crippen LogP contribution in [-0.4, -0.2) is 57.5 Å². The van der Waals surface area contributed by atoms with Gasteiger partial charge in [0, 0.05) is 11.8 Å². The van der Waals surface area contributed by atoms with E-state index in [1.807, 2.05) is 127 Å². The van der Waals surface area contributed by atoms with E-state index in [0.717, 1.165) is 27.8 Å². The van der Waals surface area contributed by atoms with E-state index in [0.29, 0.717) is 62.1 Å². The van der Waals surface area contributed by atoms with Gasteiger partial charge in [-0.3, -0.25) is 4.79 Å². The van der Waals surface area contributed by atoms with E-state index in [-0.39, 0.29) is 18.4 Å². The van der Waals surface area contributed by atoms with E-state index in [1.54, 1.807) is 21.3 Å². The Kier molecular flexibility index (Phi) is 13.2. The van der Waals surface area contributed by atoms with Gasteiger partial charge in [-0.15, -0.1) is 0 Å². The lowest BCUT2D eigenvalue weighted by Gasteiger charge is -2.28. The minimum absolute atomic E-state index is 0.132. The predicted octanol–water partition coefficient (Wildman–Crippen LogP) is 8.43. The first-order chi connectivity index (χ1) is 26.4. The van der Waals surface area contributed by atoms with Crippen LogP contribution in [0.2, 0.25) is 0 Å². The Balaban J connectivity index is 1.31. The van der Waals surface area contributed by atoms with Gasteiger partial charge in [-0.25, -0.2) is 9.69 Å². The van der Waals surface area contributed by atoms with Crippen molar-refractivity contribution in [2.75, 3.05) is 34.5 Å². The van der Waals surface area contributed by atoms with Gasteiger partial charge in [0.1, 0.15) is 13.2 Å². The summed E-state index contributed by atoms with van der Waals surface area (Å²) in [5.74, 6) is 1.15. The number of carbonyl (C=O) groups is 2. The van der Waals surface area contributed by atoms with Crippen molar-refractivity contribution >= 4 is 12.0 Å². The highest BCUT2D eigenvalue weighted by Gasteiger charge is 2.41. The Hall–Kier alpha value is -5.80. The van der Waals surface area contributed by atoms with Crippen molar-refractivity contribution in [2.45, 2.75) is 44.4 Å². The molecule has 9 heteroatoms. The van der Waals surface area contributed by atoms with E-state index in [4.69, 9.17) is 28.4 Å². The van der Waals surface area contributed by atoms with Crippen molar-refractivity contribution in [3.63, 3.8) is 0 Å².